The zero-order valence-corrected chi connectivity index (χ0v) is 11.4. The summed E-state index contributed by atoms with van der Waals surface area (Å²) in [5.41, 5.74) is 2.77. The third kappa shape index (κ3) is 3.12. The molecule has 5 nitrogen and oxygen atoms in total. The van der Waals surface area contributed by atoms with Crippen LogP contribution in [0.1, 0.15) is 24.8 Å². The Morgan fingerprint density at radius 1 is 1.30 bits per heavy atom. The van der Waals surface area contributed by atoms with Crippen molar-refractivity contribution >= 4 is 5.97 Å². The van der Waals surface area contributed by atoms with Crippen molar-refractivity contribution in [1.29, 1.82) is 0 Å². The monoisotopic (exact) mass is 272 g/mol. The minimum Gasteiger partial charge on any atom is -0.481 e. The van der Waals surface area contributed by atoms with Crippen molar-refractivity contribution in [3.8, 4) is 17.1 Å². The van der Waals surface area contributed by atoms with Gasteiger partial charge in [-0.25, -0.2) is 9.97 Å². The second-order valence-electron chi connectivity index (χ2n) is 4.54. The van der Waals surface area contributed by atoms with Crippen molar-refractivity contribution in [2.24, 2.45) is 0 Å². The number of hydrogen-bond acceptors (Lipinski definition) is 4. The van der Waals surface area contributed by atoms with Crippen molar-refractivity contribution in [1.82, 2.24) is 9.97 Å². The number of ether oxygens (including phenoxy) is 1. The second kappa shape index (κ2) is 6.14. The Hall–Kier alpha value is -2.43. The molecule has 5 heteroatoms. The number of aromatic nitrogens is 2. The van der Waals surface area contributed by atoms with Gasteiger partial charge in [0.25, 0.3) is 0 Å². The predicted octanol–water partition coefficient (Wildman–Crippen LogP) is 2.73. The molecule has 1 heterocycles. The van der Waals surface area contributed by atoms with E-state index in [9.17, 15) is 4.79 Å². The quantitative estimate of drug-likeness (QED) is 0.906. The Balaban J connectivity index is 2.38. The van der Waals surface area contributed by atoms with E-state index in [0.29, 0.717) is 6.01 Å². The lowest BCUT2D eigenvalue weighted by atomic mass is 9.91. The highest BCUT2D eigenvalue weighted by atomic mass is 16.5. The summed E-state index contributed by atoms with van der Waals surface area (Å²) in [6.07, 6.45) is 3.45. The van der Waals surface area contributed by atoms with E-state index in [-0.39, 0.29) is 12.3 Å². The van der Waals surface area contributed by atoms with Gasteiger partial charge in [-0.1, -0.05) is 31.2 Å². The summed E-state index contributed by atoms with van der Waals surface area (Å²) < 4.78 is 4.94. The second-order valence-corrected chi connectivity index (χ2v) is 4.54. The first-order chi connectivity index (χ1) is 9.61. The van der Waals surface area contributed by atoms with E-state index < -0.39 is 5.97 Å². The van der Waals surface area contributed by atoms with E-state index in [1.165, 1.54) is 7.11 Å². The van der Waals surface area contributed by atoms with Crippen LogP contribution in [0, 0.1) is 0 Å². The van der Waals surface area contributed by atoms with E-state index in [1.54, 1.807) is 12.4 Å². The SMILES string of the molecule is COc1ncc(-c2ccccc2C(C)CC(=O)O)cn1. The van der Waals surface area contributed by atoms with Crippen LogP contribution in [0.3, 0.4) is 0 Å². The smallest absolute Gasteiger partial charge is 0.316 e. The van der Waals surface area contributed by atoms with Crippen LogP contribution in [0.25, 0.3) is 11.1 Å². The number of carboxylic acid groups (broad SMARTS) is 1. The third-order valence-electron chi connectivity index (χ3n) is 3.09. The van der Waals surface area contributed by atoms with Crippen LogP contribution >= 0.6 is 0 Å². The summed E-state index contributed by atoms with van der Waals surface area (Å²) in [6.45, 7) is 1.90. The fraction of sp³-hybridized carbons (Fsp3) is 0.267. The average molecular weight is 272 g/mol. The lowest BCUT2D eigenvalue weighted by Gasteiger charge is -2.14. The van der Waals surface area contributed by atoms with E-state index in [0.717, 1.165) is 16.7 Å². The Labute approximate surface area is 117 Å². The van der Waals surface area contributed by atoms with Gasteiger partial charge in [-0.15, -0.1) is 0 Å². The van der Waals surface area contributed by atoms with Crippen molar-refractivity contribution in [2.75, 3.05) is 7.11 Å². The molecule has 1 aromatic carbocycles. The van der Waals surface area contributed by atoms with Crippen LogP contribution in [0.5, 0.6) is 6.01 Å². The molecule has 0 radical (unpaired) electrons. The maximum atomic E-state index is 10.9. The first kappa shape index (κ1) is 14.0. The highest BCUT2D eigenvalue weighted by molar-refractivity contribution is 5.71. The van der Waals surface area contributed by atoms with Crippen LogP contribution in [-0.4, -0.2) is 28.2 Å². The Morgan fingerprint density at radius 2 is 1.95 bits per heavy atom. The van der Waals surface area contributed by atoms with Gasteiger partial charge in [0.2, 0.25) is 0 Å². The highest BCUT2D eigenvalue weighted by Crippen LogP contribution is 2.30. The first-order valence-corrected chi connectivity index (χ1v) is 6.29. The maximum Gasteiger partial charge on any atom is 0.316 e. The molecule has 1 atom stereocenters. The zero-order valence-electron chi connectivity index (χ0n) is 11.4. The molecule has 104 valence electrons. The number of carboxylic acids is 1. The minimum absolute atomic E-state index is 0.0780. The Morgan fingerprint density at radius 3 is 2.55 bits per heavy atom. The van der Waals surface area contributed by atoms with Crippen molar-refractivity contribution in [3.05, 3.63) is 42.2 Å². The summed E-state index contributed by atoms with van der Waals surface area (Å²) >= 11 is 0. The topological polar surface area (TPSA) is 72.3 Å². The molecule has 1 unspecified atom stereocenters. The summed E-state index contributed by atoms with van der Waals surface area (Å²) in [5, 5.41) is 8.93. The third-order valence-corrected chi connectivity index (χ3v) is 3.09. The molecule has 0 saturated heterocycles. The fourth-order valence-corrected chi connectivity index (χ4v) is 2.12. The molecule has 0 aliphatic heterocycles. The van der Waals surface area contributed by atoms with Gasteiger partial charge in [0.05, 0.1) is 13.5 Å². The molecule has 0 spiro atoms. The van der Waals surface area contributed by atoms with Gasteiger partial charge >= 0.3 is 12.0 Å². The standard InChI is InChI=1S/C15H16N2O3/c1-10(7-14(18)19)12-5-3-4-6-13(12)11-8-16-15(20-2)17-9-11/h3-6,8-10H,7H2,1-2H3,(H,18,19). The van der Waals surface area contributed by atoms with Gasteiger partial charge in [0.1, 0.15) is 0 Å². The number of benzene rings is 1. The molecule has 0 aliphatic rings. The molecule has 2 aromatic rings. The summed E-state index contributed by atoms with van der Waals surface area (Å²) in [5.74, 6) is -0.885. The van der Waals surface area contributed by atoms with Crippen molar-refractivity contribution in [3.63, 3.8) is 0 Å². The van der Waals surface area contributed by atoms with E-state index >= 15 is 0 Å². The number of nitrogens with zero attached hydrogens (tertiary/aromatic N) is 2. The maximum absolute atomic E-state index is 10.9. The normalized spacial score (nSPS) is 11.9. The summed E-state index contributed by atoms with van der Waals surface area (Å²) in [7, 11) is 1.51. The first-order valence-electron chi connectivity index (χ1n) is 6.29. The molecule has 0 saturated carbocycles. The lowest BCUT2D eigenvalue weighted by molar-refractivity contribution is -0.137. The lowest BCUT2D eigenvalue weighted by Crippen LogP contribution is -2.04. The van der Waals surface area contributed by atoms with E-state index in [4.69, 9.17) is 9.84 Å². The van der Waals surface area contributed by atoms with Gasteiger partial charge in [-0.3, -0.25) is 4.79 Å². The molecule has 0 aliphatic carbocycles. The van der Waals surface area contributed by atoms with Gasteiger partial charge in [0.15, 0.2) is 0 Å². The van der Waals surface area contributed by atoms with Crippen molar-refractivity contribution < 1.29 is 14.6 Å². The van der Waals surface area contributed by atoms with Crippen molar-refractivity contribution in [2.45, 2.75) is 19.3 Å². The number of aliphatic carboxylic acids is 1. The minimum atomic E-state index is -0.807. The number of methoxy groups -OCH3 is 1. The van der Waals surface area contributed by atoms with Gasteiger partial charge in [-0.2, -0.15) is 0 Å². The van der Waals surface area contributed by atoms with Crippen LogP contribution in [0.15, 0.2) is 36.7 Å². The summed E-state index contributed by atoms with van der Waals surface area (Å²) in [6, 6.07) is 8.01. The Bertz CT molecular complexity index is 596. The molecule has 1 aromatic heterocycles. The largest absolute Gasteiger partial charge is 0.481 e. The Kier molecular flexibility index (Phi) is 4.30. The summed E-state index contributed by atoms with van der Waals surface area (Å²) in [4.78, 5) is 19.0. The van der Waals surface area contributed by atoms with E-state index in [2.05, 4.69) is 9.97 Å². The fourth-order valence-electron chi connectivity index (χ4n) is 2.12. The van der Waals surface area contributed by atoms with Gasteiger partial charge in [-0.05, 0) is 17.0 Å². The molecule has 20 heavy (non-hydrogen) atoms. The molecule has 0 bridgehead atoms. The molecule has 0 fully saturated rings. The van der Waals surface area contributed by atoms with E-state index in [1.807, 2.05) is 31.2 Å². The highest BCUT2D eigenvalue weighted by Gasteiger charge is 2.15. The zero-order chi connectivity index (χ0) is 14.5. The molecular formula is C15H16N2O3. The molecule has 0 amide bonds. The van der Waals surface area contributed by atoms with Crippen LogP contribution in [0.4, 0.5) is 0 Å². The molecule has 1 N–H and O–H groups in total. The van der Waals surface area contributed by atoms with Gasteiger partial charge < -0.3 is 9.84 Å². The number of rotatable bonds is 5. The van der Waals surface area contributed by atoms with Crippen LogP contribution < -0.4 is 4.74 Å². The number of hydrogen-bond donors (Lipinski definition) is 1. The molecule has 2 rings (SSSR count). The average Bonchev–Trinajstić information content (AvgIpc) is 2.46. The van der Waals surface area contributed by atoms with Gasteiger partial charge in [0, 0.05) is 18.0 Å². The predicted molar refractivity (Wildman–Crippen MR) is 74.7 cm³/mol. The number of carbonyl (C=O) groups is 1. The molecular weight excluding hydrogens is 256 g/mol. The van der Waals surface area contributed by atoms with Crippen LogP contribution in [-0.2, 0) is 4.79 Å². The van der Waals surface area contributed by atoms with Crippen LogP contribution in [0.2, 0.25) is 0 Å².